The minimum absolute atomic E-state index is 0.0573. The zero-order chi connectivity index (χ0) is 18.4. The summed E-state index contributed by atoms with van der Waals surface area (Å²) in [5.74, 6) is -2.07. The lowest BCUT2D eigenvalue weighted by Gasteiger charge is -2.12. The van der Waals surface area contributed by atoms with Gasteiger partial charge in [-0.3, -0.25) is 14.1 Å². The maximum absolute atomic E-state index is 11.8. The van der Waals surface area contributed by atoms with Crippen molar-refractivity contribution in [1.82, 2.24) is 0 Å². The summed E-state index contributed by atoms with van der Waals surface area (Å²) in [4.78, 5) is 23.3. The van der Waals surface area contributed by atoms with Gasteiger partial charge in [0.05, 0.1) is 19.3 Å². The van der Waals surface area contributed by atoms with Gasteiger partial charge >= 0.3 is 11.9 Å². The molecule has 0 spiro atoms. The van der Waals surface area contributed by atoms with Gasteiger partial charge in [0.25, 0.3) is 10.1 Å². The fourth-order valence-corrected chi connectivity index (χ4v) is 2.54. The van der Waals surface area contributed by atoms with Crippen LogP contribution in [0.15, 0.2) is 12.3 Å². The molecule has 0 aromatic rings. The average molecular weight is 364 g/mol. The van der Waals surface area contributed by atoms with Gasteiger partial charge in [-0.25, -0.2) is 0 Å². The monoisotopic (exact) mass is 364 g/mol. The van der Waals surface area contributed by atoms with E-state index >= 15 is 0 Å². The normalized spacial score (nSPS) is 13.0. The van der Waals surface area contributed by atoms with Crippen molar-refractivity contribution in [1.29, 1.82) is 0 Å². The Kier molecular flexibility index (Phi) is 12.2. The number of hydrogen-bond acceptors (Lipinski definition) is 6. The highest BCUT2D eigenvalue weighted by atomic mass is 32.2. The molecular formula is C16H28O7S. The van der Waals surface area contributed by atoms with Crippen molar-refractivity contribution in [3.8, 4) is 0 Å². The summed E-state index contributed by atoms with van der Waals surface area (Å²) in [7, 11) is -4.74. The van der Waals surface area contributed by atoms with E-state index in [4.69, 9.17) is 9.29 Å². The molecule has 0 rings (SSSR count). The van der Waals surface area contributed by atoms with Gasteiger partial charge in [-0.1, -0.05) is 46.0 Å². The number of ether oxygens (including phenoxy) is 2. The Morgan fingerprint density at radius 2 is 1.71 bits per heavy atom. The summed E-state index contributed by atoms with van der Waals surface area (Å²) < 4.78 is 41.2. The van der Waals surface area contributed by atoms with Gasteiger partial charge < -0.3 is 9.47 Å². The van der Waals surface area contributed by atoms with Gasteiger partial charge in [0, 0.05) is 0 Å². The molecule has 0 saturated carbocycles. The molecule has 0 fully saturated rings. The van der Waals surface area contributed by atoms with Crippen LogP contribution in [0.3, 0.4) is 0 Å². The molecule has 0 aromatic heterocycles. The number of carbonyl (C=O) groups excluding carboxylic acids is 2. The molecule has 0 aliphatic heterocycles. The topological polar surface area (TPSA) is 107 Å². The van der Waals surface area contributed by atoms with E-state index in [-0.39, 0.29) is 6.61 Å². The summed E-state index contributed by atoms with van der Waals surface area (Å²) in [6, 6.07) is 0. The van der Waals surface area contributed by atoms with Crippen molar-refractivity contribution in [3.63, 3.8) is 0 Å². The Labute approximate surface area is 144 Å². The average Bonchev–Trinajstić information content (AvgIpc) is 2.50. The third-order valence-corrected chi connectivity index (χ3v) is 4.33. The standard InChI is InChI=1S/C16H28O7S/c1-3-5-7-8-9-10-12-23-16(18)14(24(19,20)21)13-15(17)22-11-6-4-2/h6,11,14H,3-5,7-10,12-13H2,1-2H3,(H,19,20,21)/b11-6+. The SMILES string of the molecule is CC/C=C/OC(=O)CC(C(=O)OCCCCCCCC)S(=O)(=O)O. The zero-order valence-electron chi connectivity index (χ0n) is 14.4. The highest BCUT2D eigenvalue weighted by molar-refractivity contribution is 7.87. The summed E-state index contributed by atoms with van der Waals surface area (Å²) in [6.07, 6.45) is 8.40. The minimum Gasteiger partial charge on any atom is -0.465 e. The molecule has 7 nitrogen and oxygen atoms in total. The fourth-order valence-electron chi connectivity index (χ4n) is 1.88. The first-order chi connectivity index (χ1) is 11.3. The number of unbranched alkanes of at least 4 members (excludes halogenated alkanes) is 5. The van der Waals surface area contributed by atoms with E-state index < -0.39 is 33.7 Å². The lowest BCUT2D eigenvalue weighted by atomic mass is 10.1. The van der Waals surface area contributed by atoms with Crippen molar-refractivity contribution in [3.05, 3.63) is 12.3 Å². The van der Waals surface area contributed by atoms with Crippen molar-refractivity contribution < 1.29 is 32.0 Å². The largest absolute Gasteiger partial charge is 0.465 e. The number of carbonyl (C=O) groups is 2. The second-order valence-electron chi connectivity index (χ2n) is 5.41. The fraction of sp³-hybridized carbons (Fsp3) is 0.750. The predicted octanol–water partition coefficient (Wildman–Crippen LogP) is 3.00. The first-order valence-electron chi connectivity index (χ1n) is 8.30. The summed E-state index contributed by atoms with van der Waals surface area (Å²) in [6.45, 7) is 3.99. The van der Waals surface area contributed by atoms with Crippen LogP contribution in [0.4, 0.5) is 0 Å². The lowest BCUT2D eigenvalue weighted by Crippen LogP contribution is -2.34. The molecule has 0 heterocycles. The highest BCUT2D eigenvalue weighted by Gasteiger charge is 2.35. The molecule has 1 unspecified atom stereocenters. The van der Waals surface area contributed by atoms with Crippen molar-refractivity contribution in [2.75, 3.05) is 6.61 Å². The molecule has 0 aliphatic carbocycles. The van der Waals surface area contributed by atoms with Crippen LogP contribution in [0.1, 0.15) is 65.2 Å². The predicted molar refractivity (Wildman–Crippen MR) is 89.8 cm³/mol. The molecule has 1 N–H and O–H groups in total. The van der Waals surface area contributed by atoms with E-state index in [9.17, 15) is 18.0 Å². The second kappa shape index (κ2) is 12.9. The highest BCUT2D eigenvalue weighted by Crippen LogP contribution is 2.10. The van der Waals surface area contributed by atoms with E-state index in [1.807, 2.05) is 6.92 Å². The van der Waals surface area contributed by atoms with Gasteiger partial charge in [0.2, 0.25) is 0 Å². The van der Waals surface area contributed by atoms with Crippen LogP contribution in [0.5, 0.6) is 0 Å². The van der Waals surface area contributed by atoms with Crippen LogP contribution in [-0.2, 0) is 29.2 Å². The van der Waals surface area contributed by atoms with E-state index in [1.54, 1.807) is 6.08 Å². The number of esters is 2. The zero-order valence-corrected chi connectivity index (χ0v) is 15.2. The van der Waals surface area contributed by atoms with Crippen LogP contribution in [0.2, 0.25) is 0 Å². The van der Waals surface area contributed by atoms with Gasteiger partial charge in [0.1, 0.15) is 0 Å². The van der Waals surface area contributed by atoms with E-state index in [0.29, 0.717) is 12.8 Å². The number of allylic oxidation sites excluding steroid dienone is 1. The van der Waals surface area contributed by atoms with Crippen LogP contribution < -0.4 is 0 Å². The first kappa shape index (κ1) is 22.6. The Morgan fingerprint density at radius 1 is 1.08 bits per heavy atom. The Morgan fingerprint density at radius 3 is 2.29 bits per heavy atom. The molecule has 0 bridgehead atoms. The first-order valence-corrected chi connectivity index (χ1v) is 9.80. The van der Waals surface area contributed by atoms with Crippen LogP contribution >= 0.6 is 0 Å². The van der Waals surface area contributed by atoms with Crippen LogP contribution in [-0.4, -0.2) is 36.8 Å². The van der Waals surface area contributed by atoms with Crippen molar-refractivity contribution in [2.24, 2.45) is 0 Å². The number of rotatable bonds is 13. The molecule has 0 aliphatic rings. The smallest absolute Gasteiger partial charge is 0.327 e. The van der Waals surface area contributed by atoms with Gasteiger partial charge in [0.15, 0.2) is 5.25 Å². The lowest BCUT2D eigenvalue weighted by molar-refractivity contribution is -0.147. The summed E-state index contributed by atoms with van der Waals surface area (Å²) in [5, 5.41) is -1.96. The van der Waals surface area contributed by atoms with Gasteiger partial charge in [-0.2, -0.15) is 8.42 Å². The van der Waals surface area contributed by atoms with E-state index in [1.165, 1.54) is 0 Å². The molecule has 0 aromatic carbocycles. The quantitative estimate of drug-likeness (QED) is 0.232. The third-order valence-electron chi connectivity index (χ3n) is 3.25. The van der Waals surface area contributed by atoms with Crippen LogP contribution in [0.25, 0.3) is 0 Å². The summed E-state index contributed by atoms with van der Waals surface area (Å²) in [5.41, 5.74) is 0. The molecule has 0 amide bonds. The molecule has 24 heavy (non-hydrogen) atoms. The Balaban J connectivity index is 4.33. The third kappa shape index (κ3) is 11.2. The Hall–Kier alpha value is -1.41. The molecule has 1 atom stereocenters. The molecular weight excluding hydrogens is 336 g/mol. The van der Waals surface area contributed by atoms with Gasteiger partial charge in [-0.05, 0) is 18.9 Å². The number of hydrogen-bond donors (Lipinski definition) is 1. The maximum Gasteiger partial charge on any atom is 0.327 e. The maximum atomic E-state index is 11.8. The molecule has 0 radical (unpaired) electrons. The molecule has 8 heteroatoms. The Bertz CT molecular complexity index is 497. The second-order valence-corrected chi connectivity index (χ2v) is 7.01. The van der Waals surface area contributed by atoms with Crippen molar-refractivity contribution in [2.45, 2.75) is 70.5 Å². The minimum atomic E-state index is -4.74. The van der Waals surface area contributed by atoms with Crippen LogP contribution in [0, 0.1) is 0 Å². The van der Waals surface area contributed by atoms with E-state index in [0.717, 1.165) is 38.4 Å². The van der Waals surface area contributed by atoms with E-state index in [2.05, 4.69) is 11.7 Å². The van der Waals surface area contributed by atoms with Crippen molar-refractivity contribution >= 4 is 22.1 Å². The van der Waals surface area contributed by atoms with Gasteiger partial charge in [-0.15, -0.1) is 0 Å². The molecule has 140 valence electrons. The summed E-state index contributed by atoms with van der Waals surface area (Å²) >= 11 is 0. The molecule has 0 saturated heterocycles.